The molecule has 0 saturated heterocycles. The van der Waals surface area contributed by atoms with E-state index in [4.69, 9.17) is 4.42 Å². The number of aryl methyl sites for hydroxylation is 2. The van der Waals surface area contributed by atoms with E-state index in [0.29, 0.717) is 17.7 Å². The molecule has 2 nitrogen and oxygen atoms in total. The van der Waals surface area contributed by atoms with Crippen LogP contribution >= 0.6 is 11.3 Å². The third-order valence-corrected chi connectivity index (χ3v) is 3.27. The van der Waals surface area contributed by atoms with Crippen LogP contribution in [-0.2, 0) is 6.42 Å². The van der Waals surface area contributed by atoms with Gasteiger partial charge in [0.05, 0.1) is 11.8 Å². The van der Waals surface area contributed by atoms with Crippen LogP contribution in [0.4, 0.5) is 0 Å². The highest BCUT2D eigenvalue weighted by Crippen LogP contribution is 2.15. The van der Waals surface area contributed by atoms with E-state index in [-0.39, 0.29) is 5.78 Å². The van der Waals surface area contributed by atoms with Gasteiger partial charge in [-0.1, -0.05) is 6.07 Å². The third-order valence-electron chi connectivity index (χ3n) is 2.34. The fourth-order valence-corrected chi connectivity index (χ4v) is 2.21. The Bertz CT molecular complexity index is 440. The zero-order chi connectivity index (χ0) is 10.7. The van der Waals surface area contributed by atoms with Crippen molar-refractivity contribution in [2.24, 2.45) is 0 Å². The molecule has 0 amide bonds. The van der Waals surface area contributed by atoms with Crippen molar-refractivity contribution in [3.63, 3.8) is 0 Å². The van der Waals surface area contributed by atoms with Gasteiger partial charge in [0, 0.05) is 11.3 Å². The lowest BCUT2D eigenvalue weighted by Crippen LogP contribution is -2.00. The lowest BCUT2D eigenvalue weighted by atomic mass is 10.1. The minimum Gasteiger partial charge on any atom is -0.469 e. The van der Waals surface area contributed by atoms with Gasteiger partial charge in [-0.05, 0) is 30.9 Å². The number of ketones is 1. The van der Waals surface area contributed by atoms with Gasteiger partial charge in [-0.3, -0.25) is 4.79 Å². The van der Waals surface area contributed by atoms with E-state index in [1.807, 2.05) is 18.4 Å². The minimum absolute atomic E-state index is 0.162. The highest BCUT2D eigenvalue weighted by atomic mass is 32.1. The second-order valence-electron chi connectivity index (χ2n) is 3.39. The monoisotopic (exact) mass is 220 g/mol. The summed E-state index contributed by atoms with van der Waals surface area (Å²) in [6.07, 6.45) is 2.94. The Morgan fingerprint density at radius 3 is 2.93 bits per heavy atom. The lowest BCUT2D eigenvalue weighted by molar-refractivity contribution is 0.0981. The van der Waals surface area contributed by atoms with E-state index < -0.39 is 0 Å². The third kappa shape index (κ3) is 2.36. The summed E-state index contributed by atoms with van der Waals surface area (Å²) in [6.45, 7) is 1.82. The van der Waals surface area contributed by atoms with Gasteiger partial charge in [0.15, 0.2) is 5.78 Å². The van der Waals surface area contributed by atoms with E-state index in [0.717, 1.165) is 6.42 Å². The van der Waals surface area contributed by atoms with E-state index in [1.54, 1.807) is 23.7 Å². The molecule has 3 heteroatoms. The van der Waals surface area contributed by atoms with Crippen molar-refractivity contribution in [1.29, 1.82) is 0 Å². The molecule has 0 saturated carbocycles. The van der Waals surface area contributed by atoms with Crippen LogP contribution in [0, 0.1) is 6.92 Å². The molecule has 0 unspecified atom stereocenters. The van der Waals surface area contributed by atoms with Crippen molar-refractivity contribution in [1.82, 2.24) is 0 Å². The maximum atomic E-state index is 11.8. The molecular formula is C12H12O2S. The van der Waals surface area contributed by atoms with Crippen LogP contribution in [0.25, 0.3) is 0 Å². The molecule has 2 aromatic rings. The topological polar surface area (TPSA) is 30.2 Å². The smallest absolute Gasteiger partial charge is 0.166 e. The number of thiophene rings is 1. The highest BCUT2D eigenvalue weighted by Gasteiger charge is 2.11. The molecule has 0 aromatic carbocycles. The average Bonchev–Trinajstić information content (AvgIpc) is 2.84. The molecular weight excluding hydrogens is 208 g/mol. The maximum absolute atomic E-state index is 11.8. The van der Waals surface area contributed by atoms with Crippen LogP contribution in [0.15, 0.2) is 34.3 Å². The van der Waals surface area contributed by atoms with E-state index in [1.165, 1.54) is 4.88 Å². The summed E-state index contributed by atoms with van der Waals surface area (Å²) < 4.78 is 5.10. The highest BCUT2D eigenvalue weighted by molar-refractivity contribution is 7.09. The quantitative estimate of drug-likeness (QED) is 0.738. The van der Waals surface area contributed by atoms with Gasteiger partial charge in [-0.2, -0.15) is 0 Å². The zero-order valence-electron chi connectivity index (χ0n) is 8.53. The number of carbonyl (C=O) groups is 1. The summed E-state index contributed by atoms with van der Waals surface area (Å²) in [5.74, 6) is 0.876. The molecule has 2 rings (SSSR count). The molecule has 0 aliphatic heterocycles. The zero-order valence-corrected chi connectivity index (χ0v) is 9.34. The molecule has 2 heterocycles. The molecule has 0 fully saturated rings. The van der Waals surface area contributed by atoms with Gasteiger partial charge in [0.1, 0.15) is 5.76 Å². The van der Waals surface area contributed by atoms with Gasteiger partial charge in [-0.25, -0.2) is 0 Å². The fraction of sp³-hybridized carbons (Fsp3) is 0.250. The molecule has 78 valence electrons. The molecule has 0 bridgehead atoms. The molecule has 0 atom stereocenters. The van der Waals surface area contributed by atoms with Crippen molar-refractivity contribution >= 4 is 17.1 Å². The first-order valence-electron chi connectivity index (χ1n) is 4.87. The maximum Gasteiger partial charge on any atom is 0.166 e. The minimum atomic E-state index is 0.162. The normalized spacial score (nSPS) is 10.5. The number of rotatable bonds is 4. The predicted molar refractivity (Wildman–Crippen MR) is 60.4 cm³/mol. The van der Waals surface area contributed by atoms with Gasteiger partial charge in [0.25, 0.3) is 0 Å². The number of furan rings is 1. The van der Waals surface area contributed by atoms with Crippen LogP contribution in [0.2, 0.25) is 0 Å². The van der Waals surface area contributed by atoms with E-state index in [9.17, 15) is 4.79 Å². The van der Waals surface area contributed by atoms with Crippen LogP contribution in [0.3, 0.4) is 0 Å². The Hall–Kier alpha value is -1.35. The SMILES string of the molecule is Cc1occc1C(=O)CCc1cccs1. The van der Waals surface area contributed by atoms with E-state index in [2.05, 4.69) is 6.07 Å². The first kappa shape index (κ1) is 10.2. The van der Waals surface area contributed by atoms with Crippen LogP contribution in [0.1, 0.15) is 27.4 Å². The van der Waals surface area contributed by atoms with Crippen molar-refractivity contribution in [2.75, 3.05) is 0 Å². The second-order valence-corrected chi connectivity index (χ2v) is 4.43. The van der Waals surface area contributed by atoms with Gasteiger partial charge in [-0.15, -0.1) is 11.3 Å². The van der Waals surface area contributed by atoms with Crippen LogP contribution in [0.5, 0.6) is 0 Å². The Labute approximate surface area is 92.5 Å². The van der Waals surface area contributed by atoms with E-state index >= 15 is 0 Å². The number of Topliss-reactive ketones (excluding diaryl/α,β-unsaturated/α-hetero) is 1. The number of hydrogen-bond acceptors (Lipinski definition) is 3. The van der Waals surface area contributed by atoms with Crippen molar-refractivity contribution in [3.05, 3.63) is 46.0 Å². The van der Waals surface area contributed by atoms with Crippen molar-refractivity contribution < 1.29 is 9.21 Å². The van der Waals surface area contributed by atoms with Gasteiger partial charge >= 0.3 is 0 Å². The summed E-state index contributed by atoms with van der Waals surface area (Å²) in [6, 6.07) is 5.81. The van der Waals surface area contributed by atoms with Crippen LogP contribution in [-0.4, -0.2) is 5.78 Å². The summed E-state index contributed by atoms with van der Waals surface area (Å²) in [5, 5.41) is 2.03. The van der Waals surface area contributed by atoms with Crippen molar-refractivity contribution in [2.45, 2.75) is 19.8 Å². The van der Waals surface area contributed by atoms with Gasteiger partial charge < -0.3 is 4.42 Å². The first-order valence-corrected chi connectivity index (χ1v) is 5.75. The fourth-order valence-electron chi connectivity index (χ4n) is 1.50. The van der Waals surface area contributed by atoms with Crippen LogP contribution < -0.4 is 0 Å². The Morgan fingerprint density at radius 2 is 2.33 bits per heavy atom. The summed E-state index contributed by atoms with van der Waals surface area (Å²) in [7, 11) is 0. The lowest BCUT2D eigenvalue weighted by Gasteiger charge is -1.97. The average molecular weight is 220 g/mol. The summed E-state index contributed by atoms with van der Waals surface area (Å²) in [4.78, 5) is 13.0. The summed E-state index contributed by atoms with van der Waals surface area (Å²) in [5.41, 5.74) is 0.714. The second kappa shape index (κ2) is 4.45. The molecule has 2 aromatic heterocycles. The molecule has 0 aliphatic carbocycles. The van der Waals surface area contributed by atoms with Crippen molar-refractivity contribution in [3.8, 4) is 0 Å². The summed E-state index contributed by atoms with van der Waals surface area (Å²) >= 11 is 1.69. The molecule has 0 N–H and O–H groups in total. The largest absolute Gasteiger partial charge is 0.469 e. The number of carbonyl (C=O) groups excluding carboxylic acids is 1. The Balaban J connectivity index is 1.96. The predicted octanol–water partition coefficient (Wildman–Crippen LogP) is 3.47. The standard InChI is InChI=1S/C12H12O2S/c1-9-11(6-7-14-9)12(13)5-4-10-3-2-8-15-10/h2-3,6-8H,4-5H2,1H3. The Morgan fingerprint density at radius 1 is 1.47 bits per heavy atom. The molecule has 0 spiro atoms. The van der Waals surface area contributed by atoms with Gasteiger partial charge in [0.2, 0.25) is 0 Å². The number of hydrogen-bond donors (Lipinski definition) is 0. The Kier molecular flexibility index (Phi) is 3.02. The first-order chi connectivity index (χ1) is 7.27. The molecule has 0 aliphatic rings. The molecule has 0 radical (unpaired) electrons. The molecule has 15 heavy (non-hydrogen) atoms.